The van der Waals surface area contributed by atoms with Crippen molar-refractivity contribution in [2.75, 3.05) is 36.0 Å². The van der Waals surface area contributed by atoms with Crippen molar-refractivity contribution in [3.8, 4) is 0 Å². The average Bonchev–Trinajstić information content (AvgIpc) is 2.88. The Balaban J connectivity index is 1.60. The van der Waals surface area contributed by atoms with E-state index in [1.54, 1.807) is 12.1 Å². The monoisotopic (exact) mass is 340 g/mol. The van der Waals surface area contributed by atoms with Crippen molar-refractivity contribution in [3.05, 3.63) is 52.8 Å². The Bertz CT molecular complexity index is 939. The number of rotatable bonds is 2. The van der Waals surface area contributed by atoms with Gasteiger partial charge in [-0.2, -0.15) is 5.10 Å². The van der Waals surface area contributed by atoms with Crippen LogP contribution in [0.15, 0.2) is 41.5 Å². The maximum atomic E-state index is 13.7. The van der Waals surface area contributed by atoms with E-state index in [4.69, 9.17) is 0 Å². The first-order chi connectivity index (χ1) is 12.2. The summed E-state index contributed by atoms with van der Waals surface area (Å²) in [5.41, 5.74) is 0.518. The lowest BCUT2D eigenvalue weighted by Crippen LogP contribution is -2.32. The Hall–Kier alpha value is -3.03. The summed E-state index contributed by atoms with van der Waals surface area (Å²) >= 11 is 0. The van der Waals surface area contributed by atoms with Gasteiger partial charge in [-0.25, -0.2) is 19.5 Å². The third-order valence-electron chi connectivity index (χ3n) is 4.36. The highest BCUT2D eigenvalue weighted by atomic mass is 19.1. The van der Waals surface area contributed by atoms with Gasteiger partial charge >= 0.3 is 0 Å². The van der Waals surface area contributed by atoms with Crippen LogP contribution < -0.4 is 15.4 Å². The van der Waals surface area contributed by atoms with Gasteiger partial charge in [-0.3, -0.25) is 4.79 Å². The molecule has 1 aliphatic heterocycles. The number of hydrogen-bond donors (Lipinski definition) is 1. The van der Waals surface area contributed by atoms with Gasteiger partial charge in [0.15, 0.2) is 0 Å². The fourth-order valence-electron chi connectivity index (χ4n) is 3.14. The molecule has 8 heteroatoms. The fourth-order valence-corrected chi connectivity index (χ4v) is 3.14. The van der Waals surface area contributed by atoms with E-state index >= 15 is 0 Å². The smallest absolute Gasteiger partial charge is 0.264 e. The SMILES string of the molecule is O=c1ccc(N2CCCN(c3ncnc4ccc(F)cc34)CC2)n[nH]1. The molecule has 1 N–H and O–H groups in total. The van der Waals surface area contributed by atoms with E-state index in [9.17, 15) is 9.18 Å². The number of benzene rings is 1. The van der Waals surface area contributed by atoms with Crippen molar-refractivity contribution in [3.63, 3.8) is 0 Å². The minimum Gasteiger partial charge on any atom is -0.354 e. The molecule has 0 radical (unpaired) electrons. The van der Waals surface area contributed by atoms with E-state index in [1.807, 2.05) is 0 Å². The van der Waals surface area contributed by atoms with Crippen LogP contribution >= 0.6 is 0 Å². The second-order valence-corrected chi connectivity index (χ2v) is 5.97. The summed E-state index contributed by atoms with van der Waals surface area (Å²) in [4.78, 5) is 24.0. The van der Waals surface area contributed by atoms with Gasteiger partial charge in [0.2, 0.25) is 0 Å². The first kappa shape index (κ1) is 15.5. The van der Waals surface area contributed by atoms with Crippen LogP contribution in [0.25, 0.3) is 10.9 Å². The fraction of sp³-hybridized carbons (Fsp3) is 0.294. The van der Waals surface area contributed by atoms with Crippen molar-refractivity contribution in [2.45, 2.75) is 6.42 Å². The second kappa shape index (κ2) is 6.46. The number of fused-ring (bicyclic) bond motifs is 1. The van der Waals surface area contributed by atoms with Gasteiger partial charge in [0.1, 0.15) is 23.8 Å². The van der Waals surface area contributed by atoms with Crippen LogP contribution in [0.1, 0.15) is 6.42 Å². The molecule has 1 aromatic carbocycles. The molecular formula is C17H17FN6O. The van der Waals surface area contributed by atoms with Crippen molar-refractivity contribution in [2.24, 2.45) is 0 Å². The summed E-state index contributed by atoms with van der Waals surface area (Å²) in [5, 5.41) is 7.29. The summed E-state index contributed by atoms with van der Waals surface area (Å²) in [6.07, 6.45) is 2.42. The third kappa shape index (κ3) is 3.15. The van der Waals surface area contributed by atoms with Crippen LogP contribution in [-0.4, -0.2) is 46.3 Å². The zero-order valence-electron chi connectivity index (χ0n) is 13.5. The molecule has 25 heavy (non-hydrogen) atoms. The van der Waals surface area contributed by atoms with Crippen LogP contribution in [0, 0.1) is 5.82 Å². The van der Waals surface area contributed by atoms with Gasteiger partial charge < -0.3 is 9.80 Å². The minimum absolute atomic E-state index is 0.213. The topological polar surface area (TPSA) is 78.0 Å². The first-order valence-electron chi connectivity index (χ1n) is 8.16. The zero-order chi connectivity index (χ0) is 17.2. The number of aromatic nitrogens is 4. The lowest BCUT2D eigenvalue weighted by atomic mass is 10.2. The molecule has 0 aliphatic carbocycles. The molecule has 0 atom stereocenters. The molecule has 1 aliphatic rings. The molecule has 7 nitrogen and oxygen atoms in total. The number of halogens is 1. The quantitative estimate of drug-likeness (QED) is 0.763. The Morgan fingerprint density at radius 1 is 1.00 bits per heavy atom. The largest absolute Gasteiger partial charge is 0.354 e. The van der Waals surface area contributed by atoms with Gasteiger partial charge in [0.25, 0.3) is 5.56 Å². The molecule has 0 amide bonds. The Morgan fingerprint density at radius 2 is 1.84 bits per heavy atom. The highest BCUT2D eigenvalue weighted by Gasteiger charge is 2.19. The molecule has 128 valence electrons. The minimum atomic E-state index is -0.294. The molecular weight excluding hydrogens is 323 g/mol. The predicted molar refractivity (Wildman–Crippen MR) is 93.4 cm³/mol. The molecule has 0 bridgehead atoms. The molecule has 4 rings (SSSR count). The van der Waals surface area contributed by atoms with E-state index in [0.29, 0.717) is 0 Å². The lowest BCUT2D eigenvalue weighted by molar-refractivity contribution is 0.629. The summed E-state index contributed by atoms with van der Waals surface area (Å²) in [5.74, 6) is 1.21. The lowest BCUT2D eigenvalue weighted by Gasteiger charge is -2.24. The molecule has 3 heterocycles. The summed E-state index contributed by atoms with van der Waals surface area (Å²) in [7, 11) is 0. The predicted octanol–water partition coefficient (Wildman–Crippen LogP) is 1.57. The maximum absolute atomic E-state index is 13.7. The zero-order valence-corrected chi connectivity index (χ0v) is 13.5. The second-order valence-electron chi connectivity index (χ2n) is 5.97. The molecule has 3 aromatic rings. The van der Waals surface area contributed by atoms with Crippen molar-refractivity contribution in [1.29, 1.82) is 0 Å². The molecule has 0 unspecified atom stereocenters. The molecule has 0 spiro atoms. The van der Waals surface area contributed by atoms with Gasteiger partial charge in [-0.1, -0.05) is 0 Å². The highest BCUT2D eigenvalue weighted by Crippen LogP contribution is 2.25. The normalized spacial score (nSPS) is 15.4. The molecule has 1 fully saturated rings. The Morgan fingerprint density at radius 3 is 2.68 bits per heavy atom. The van der Waals surface area contributed by atoms with E-state index in [-0.39, 0.29) is 11.4 Å². The third-order valence-corrected chi connectivity index (χ3v) is 4.36. The van der Waals surface area contributed by atoms with Gasteiger partial charge in [0, 0.05) is 37.6 Å². The van der Waals surface area contributed by atoms with Crippen LogP contribution in [0.3, 0.4) is 0 Å². The number of H-pyrrole nitrogens is 1. The van der Waals surface area contributed by atoms with Crippen molar-refractivity contribution < 1.29 is 4.39 Å². The number of nitrogens with one attached hydrogen (secondary N) is 1. The molecule has 1 saturated heterocycles. The Labute approximate surface area is 143 Å². The number of nitrogens with zero attached hydrogens (tertiary/aromatic N) is 5. The molecule has 2 aromatic heterocycles. The van der Waals surface area contributed by atoms with Crippen LogP contribution in [0.2, 0.25) is 0 Å². The van der Waals surface area contributed by atoms with E-state index in [2.05, 4.69) is 30.0 Å². The Kier molecular flexibility index (Phi) is 4.01. The van der Waals surface area contributed by atoms with Crippen LogP contribution in [-0.2, 0) is 0 Å². The summed E-state index contributed by atoms with van der Waals surface area (Å²) in [6.45, 7) is 3.10. The standard InChI is InChI=1S/C17H17FN6O/c18-12-2-3-14-13(10-12)17(20-11-19-14)24-7-1-6-23(8-9-24)15-4-5-16(25)22-21-15/h2-5,10-11H,1,6-9H2,(H,22,25). The number of hydrogen-bond acceptors (Lipinski definition) is 6. The highest BCUT2D eigenvalue weighted by molar-refractivity contribution is 5.89. The average molecular weight is 340 g/mol. The van der Waals surface area contributed by atoms with Gasteiger partial charge in [-0.05, 0) is 30.7 Å². The van der Waals surface area contributed by atoms with Crippen molar-refractivity contribution >= 4 is 22.5 Å². The first-order valence-corrected chi connectivity index (χ1v) is 8.16. The van der Waals surface area contributed by atoms with Gasteiger partial charge in [-0.15, -0.1) is 0 Å². The van der Waals surface area contributed by atoms with Gasteiger partial charge in [0.05, 0.1) is 5.52 Å². The van der Waals surface area contributed by atoms with Crippen molar-refractivity contribution in [1.82, 2.24) is 20.2 Å². The number of anilines is 2. The summed E-state index contributed by atoms with van der Waals surface area (Å²) in [6, 6.07) is 7.77. The number of aromatic amines is 1. The van der Waals surface area contributed by atoms with E-state index < -0.39 is 0 Å². The van der Waals surface area contributed by atoms with E-state index in [1.165, 1.54) is 24.5 Å². The molecule has 0 saturated carbocycles. The van der Waals surface area contributed by atoms with E-state index in [0.717, 1.165) is 55.1 Å². The van der Waals surface area contributed by atoms with Crippen LogP contribution in [0.4, 0.5) is 16.0 Å². The van der Waals surface area contributed by atoms with Crippen LogP contribution in [0.5, 0.6) is 0 Å². The maximum Gasteiger partial charge on any atom is 0.264 e. The summed E-state index contributed by atoms with van der Waals surface area (Å²) < 4.78 is 13.7.